The van der Waals surface area contributed by atoms with E-state index in [0.29, 0.717) is 11.7 Å². The van der Waals surface area contributed by atoms with E-state index < -0.39 is 15.7 Å². The van der Waals surface area contributed by atoms with Gasteiger partial charge in [-0.15, -0.1) is 0 Å². The number of methoxy groups -OCH3 is 1. The summed E-state index contributed by atoms with van der Waals surface area (Å²) in [5.41, 5.74) is 0.965. The lowest BCUT2D eigenvalue weighted by atomic mass is 10.1. The van der Waals surface area contributed by atoms with Crippen LogP contribution in [0.15, 0.2) is 29.3 Å². The van der Waals surface area contributed by atoms with Crippen LogP contribution in [0.1, 0.15) is 12.0 Å². The monoisotopic (exact) mass is 379 g/mol. The van der Waals surface area contributed by atoms with Crippen molar-refractivity contribution in [3.63, 3.8) is 0 Å². The number of nitriles is 1. The van der Waals surface area contributed by atoms with Crippen LogP contribution in [-0.4, -0.2) is 54.3 Å². The van der Waals surface area contributed by atoms with Crippen molar-refractivity contribution in [2.45, 2.75) is 24.3 Å². The number of amides is 1. The normalized spacial score (nSPS) is 25.6. The molecule has 0 spiro atoms. The number of rotatable bonds is 4. The minimum atomic E-state index is -3.08. The van der Waals surface area contributed by atoms with E-state index in [1.807, 2.05) is 29.2 Å². The summed E-state index contributed by atoms with van der Waals surface area (Å²) in [4.78, 5) is 17.6. The van der Waals surface area contributed by atoms with Crippen molar-refractivity contribution in [1.82, 2.24) is 4.90 Å². The predicted octanol–water partition coefficient (Wildman–Crippen LogP) is 1.21. The molecule has 7 nitrogen and oxygen atoms in total. The van der Waals surface area contributed by atoms with E-state index in [1.165, 1.54) is 11.8 Å². The van der Waals surface area contributed by atoms with Gasteiger partial charge in [0.1, 0.15) is 12.2 Å². The van der Waals surface area contributed by atoms with E-state index in [1.54, 1.807) is 13.2 Å². The Morgan fingerprint density at radius 3 is 2.76 bits per heavy atom. The first-order valence-electron chi connectivity index (χ1n) is 7.67. The van der Waals surface area contributed by atoms with Gasteiger partial charge in [-0.3, -0.25) is 4.79 Å². The fraction of sp³-hybridized carbons (Fsp3) is 0.438. The molecule has 0 N–H and O–H groups in total. The number of fused-ring (bicyclic) bond motifs is 1. The van der Waals surface area contributed by atoms with E-state index in [-0.39, 0.29) is 29.2 Å². The molecule has 2 saturated heterocycles. The van der Waals surface area contributed by atoms with Crippen molar-refractivity contribution >= 4 is 32.7 Å². The first kappa shape index (κ1) is 17.8. The lowest BCUT2D eigenvalue weighted by molar-refractivity contribution is -0.116. The maximum atomic E-state index is 12.0. The summed E-state index contributed by atoms with van der Waals surface area (Å²) >= 11 is 1.31. The zero-order valence-electron chi connectivity index (χ0n) is 13.6. The predicted molar refractivity (Wildman–Crippen MR) is 95.0 cm³/mol. The fourth-order valence-electron chi connectivity index (χ4n) is 2.96. The molecule has 2 heterocycles. The molecule has 0 radical (unpaired) electrons. The summed E-state index contributed by atoms with van der Waals surface area (Å²) < 4.78 is 29.0. The summed E-state index contributed by atoms with van der Waals surface area (Å²) in [7, 11) is -1.49. The van der Waals surface area contributed by atoms with Crippen LogP contribution in [0.25, 0.3) is 0 Å². The third-order valence-corrected chi connectivity index (χ3v) is 7.39. The van der Waals surface area contributed by atoms with Gasteiger partial charge in [-0.25, -0.2) is 8.42 Å². The summed E-state index contributed by atoms with van der Waals surface area (Å²) in [5.74, 6) is 0.380. The second-order valence-electron chi connectivity index (χ2n) is 5.90. The topological polar surface area (TPSA) is 99.8 Å². The number of carbonyl (C=O) groups excluding carboxylic acids is 1. The van der Waals surface area contributed by atoms with Crippen molar-refractivity contribution in [2.24, 2.45) is 4.99 Å². The summed E-state index contributed by atoms with van der Waals surface area (Å²) in [6.07, 6.45) is -0.284. The number of benzene rings is 1. The highest BCUT2D eigenvalue weighted by molar-refractivity contribution is 8.15. The number of ether oxygens (including phenoxy) is 1. The summed E-state index contributed by atoms with van der Waals surface area (Å²) in [5, 5.41) is 9.01. The van der Waals surface area contributed by atoms with Gasteiger partial charge in [-0.2, -0.15) is 10.3 Å². The molecule has 25 heavy (non-hydrogen) atoms. The molecule has 2 fully saturated rings. The highest BCUT2D eigenvalue weighted by atomic mass is 32.2. The van der Waals surface area contributed by atoms with Crippen LogP contribution in [-0.2, 0) is 21.2 Å². The van der Waals surface area contributed by atoms with Crippen LogP contribution in [0.2, 0.25) is 0 Å². The van der Waals surface area contributed by atoms with Crippen LogP contribution in [0, 0.1) is 11.3 Å². The SMILES string of the molecule is COc1ccc(CN2C(=NC(=O)CC#N)SC3CS(=O)(=O)CC32)cc1. The van der Waals surface area contributed by atoms with E-state index >= 15 is 0 Å². The number of thioether (sulfide) groups is 1. The maximum Gasteiger partial charge on any atom is 0.262 e. The Kier molecular flexibility index (Phi) is 5.01. The van der Waals surface area contributed by atoms with Crippen molar-refractivity contribution < 1.29 is 17.9 Å². The molecule has 3 rings (SSSR count). The number of amidine groups is 1. The van der Waals surface area contributed by atoms with Crippen LogP contribution in [0.4, 0.5) is 0 Å². The number of nitrogens with zero attached hydrogens (tertiary/aromatic N) is 3. The molecule has 0 bridgehead atoms. The van der Waals surface area contributed by atoms with E-state index in [9.17, 15) is 13.2 Å². The van der Waals surface area contributed by atoms with E-state index in [4.69, 9.17) is 10.00 Å². The number of carbonyl (C=O) groups is 1. The van der Waals surface area contributed by atoms with Gasteiger partial charge in [0.05, 0.1) is 30.7 Å². The van der Waals surface area contributed by atoms with Crippen LogP contribution in [0.3, 0.4) is 0 Å². The lowest BCUT2D eigenvalue weighted by Crippen LogP contribution is -2.37. The van der Waals surface area contributed by atoms with Gasteiger partial charge in [0.25, 0.3) is 5.91 Å². The second-order valence-corrected chi connectivity index (χ2v) is 9.26. The summed E-state index contributed by atoms with van der Waals surface area (Å²) in [6.45, 7) is 0.451. The molecule has 2 unspecified atom stereocenters. The molecule has 2 aliphatic heterocycles. The minimum absolute atomic E-state index is 0.0618. The standard InChI is InChI=1S/C16H17N3O4S2/c1-23-12-4-2-11(3-5-12)8-19-13-9-25(21,22)10-14(13)24-16(19)18-15(20)6-7-17/h2-5,13-14H,6,8-10H2,1H3. The Bertz CT molecular complexity index is 843. The Balaban J connectivity index is 1.86. The number of hydrogen-bond donors (Lipinski definition) is 0. The van der Waals surface area contributed by atoms with Crippen LogP contribution >= 0.6 is 11.8 Å². The molecule has 1 aromatic rings. The number of aliphatic imine (C=N–C) groups is 1. The van der Waals surface area contributed by atoms with E-state index in [2.05, 4.69) is 4.99 Å². The van der Waals surface area contributed by atoms with Crippen molar-refractivity contribution in [1.29, 1.82) is 5.26 Å². The van der Waals surface area contributed by atoms with Gasteiger partial charge in [-0.1, -0.05) is 23.9 Å². The van der Waals surface area contributed by atoms with Crippen molar-refractivity contribution in [3.8, 4) is 11.8 Å². The molecule has 1 amide bonds. The highest BCUT2D eigenvalue weighted by Crippen LogP contribution is 2.39. The van der Waals surface area contributed by atoms with Crippen molar-refractivity contribution in [3.05, 3.63) is 29.8 Å². The molecule has 0 saturated carbocycles. The van der Waals surface area contributed by atoms with Crippen LogP contribution < -0.4 is 4.74 Å². The highest BCUT2D eigenvalue weighted by Gasteiger charge is 2.48. The van der Waals surface area contributed by atoms with Crippen LogP contribution in [0.5, 0.6) is 5.75 Å². The first-order chi connectivity index (χ1) is 11.9. The number of hydrogen-bond acceptors (Lipinski definition) is 6. The largest absolute Gasteiger partial charge is 0.497 e. The maximum absolute atomic E-state index is 12.0. The van der Waals surface area contributed by atoms with Crippen molar-refractivity contribution in [2.75, 3.05) is 18.6 Å². The fourth-order valence-corrected chi connectivity index (χ4v) is 6.93. The zero-order chi connectivity index (χ0) is 18.0. The molecule has 0 aliphatic carbocycles. The third kappa shape index (κ3) is 3.96. The number of sulfone groups is 1. The molecular weight excluding hydrogens is 362 g/mol. The molecule has 132 valence electrons. The van der Waals surface area contributed by atoms with Gasteiger partial charge in [0.15, 0.2) is 15.0 Å². The van der Waals surface area contributed by atoms with Gasteiger partial charge < -0.3 is 9.64 Å². The lowest BCUT2D eigenvalue weighted by Gasteiger charge is -2.24. The molecule has 2 aliphatic rings. The van der Waals surface area contributed by atoms with Gasteiger partial charge in [-0.05, 0) is 17.7 Å². The molecule has 2 atom stereocenters. The summed E-state index contributed by atoms with van der Waals surface area (Å²) in [6, 6.07) is 9.05. The molecule has 9 heteroatoms. The van der Waals surface area contributed by atoms with E-state index in [0.717, 1.165) is 11.3 Å². The quantitative estimate of drug-likeness (QED) is 0.775. The first-order valence-corrected chi connectivity index (χ1v) is 10.4. The smallest absolute Gasteiger partial charge is 0.262 e. The zero-order valence-corrected chi connectivity index (χ0v) is 15.2. The Hall–Kier alpha value is -2.05. The Morgan fingerprint density at radius 1 is 1.40 bits per heavy atom. The Morgan fingerprint density at radius 2 is 2.12 bits per heavy atom. The second kappa shape index (κ2) is 7.06. The van der Waals surface area contributed by atoms with Gasteiger partial charge in [0, 0.05) is 11.8 Å². The molecular formula is C16H17N3O4S2. The average molecular weight is 379 g/mol. The van der Waals surface area contributed by atoms with Gasteiger partial charge in [0.2, 0.25) is 0 Å². The third-order valence-electron chi connectivity index (χ3n) is 4.14. The average Bonchev–Trinajstić information content (AvgIpc) is 3.01. The Labute approximate surface area is 150 Å². The molecule has 0 aromatic heterocycles. The van der Waals surface area contributed by atoms with Gasteiger partial charge >= 0.3 is 0 Å². The molecule has 1 aromatic carbocycles. The minimum Gasteiger partial charge on any atom is -0.497 e.